The lowest BCUT2D eigenvalue weighted by Gasteiger charge is -2.33. The Hall–Kier alpha value is -1.98. The van der Waals surface area contributed by atoms with Gasteiger partial charge in [0.25, 0.3) is 0 Å². The van der Waals surface area contributed by atoms with Gasteiger partial charge in [0.15, 0.2) is 11.5 Å². The van der Waals surface area contributed by atoms with E-state index in [0.717, 1.165) is 61.7 Å². The lowest BCUT2D eigenvalue weighted by Crippen LogP contribution is -2.37. The molecule has 5 heteroatoms. The number of para-hydroxylation sites is 1. The van der Waals surface area contributed by atoms with Crippen molar-refractivity contribution >= 4 is 0 Å². The third-order valence-electron chi connectivity index (χ3n) is 5.37. The summed E-state index contributed by atoms with van der Waals surface area (Å²) in [6.45, 7) is 7.60. The number of nitrogens with zero attached hydrogens (tertiary/aromatic N) is 2. The molecule has 5 nitrogen and oxygen atoms in total. The molecular formula is C21H28N2O3. The van der Waals surface area contributed by atoms with Crippen molar-refractivity contribution in [2.75, 3.05) is 33.5 Å². The van der Waals surface area contributed by atoms with Gasteiger partial charge in [-0.3, -0.25) is 4.90 Å². The topological polar surface area (TPSA) is 38.1 Å². The Morgan fingerprint density at radius 2 is 1.96 bits per heavy atom. The highest BCUT2D eigenvalue weighted by atomic mass is 16.7. The van der Waals surface area contributed by atoms with E-state index < -0.39 is 0 Å². The summed E-state index contributed by atoms with van der Waals surface area (Å²) in [4.78, 5) is 4.91. The predicted molar refractivity (Wildman–Crippen MR) is 100 cm³/mol. The second-order valence-corrected chi connectivity index (χ2v) is 7.58. The number of benzene rings is 1. The Bertz CT molecular complexity index is 735. The molecule has 2 aliphatic heterocycles. The first-order chi connectivity index (χ1) is 12.7. The molecule has 0 unspecified atom stereocenters. The first-order valence-corrected chi connectivity index (χ1v) is 9.51. The van der Waals surface area contributed by atoms with Crippen molar-refractivity contribution in [2.24, 2.45) is 5.92 Å². The third kappa shape index (κ3) is 4.05. The first kappa shape index (κ1) is 17.4. The van der Waals surface area contributed by atoms with Gasteiger partial charge in [0.1, 0.15) is 11.5 Å². The summed E-state index contributed by atoms with van der Waals surface area (Å²) in [5, 5.41) is 0. The smallest absolute Gasteiger partial charge is 0.231 e. The molecule has 0 atom stereocenters. The summed E-state index contributed by atoms with van der Waals surface area (Å²) >= 11 is 0. The molecule has 0 saturated carbocycles. The van der Waals surface area contributed by atoms with Crippen molar-refractivity contribution in [1.29, 1.82) is 0 Å². The van der Waals surface area contributed by atoms with E-state index in [9.17, 15) is 0 Å². The molecule has 1 saturated heterocycles. The van der Waals surface area contributed by atoms with Crippen LogP contribution in [0.3, 0.4) is 0 Å². The summed E-state index contributed by atoms with van der Waals surface area (Å²) < 4.78 is 16.8. The number of aryl methyl sites for hydroxylation is 1. The average Bonchev–Trinajstić information content (AvgIpc) is 3.26. The summed E-state index contributed by atoms with van der Waals surface area (Å²) in [5.41, 5.74) is 1.22. The quantitative estimate of drug-likeness (QED) is 0.790. The van der Waals surface area contributed by atoms with Crippen LogP contribution in [0.25, 0.3) is 0 Å². The van der Waals surface area contributed by atoms with Crippen molar-refractivity contribution in [3.8, 4) is 11.5 Å². The number of rotatable bonds is 6. The summed E-state index contributed by atoms with van der Waals surface area (Å²) in [6, 6.07) is 10.3. The minimum atomic E-state index is 0.337. The molecule has 140 valence electrons. The van der Waals surface area contributed by atoms with Gasteiger partial charge in [-0.1, -0.05) is 12.1 Å². The normalized spacial score (nSPS) is 18.0. The Balaban J connectivity index is 1.25. The lowest BCUT2D eigenvalue weighted by molar-refractivity contribution is 0.139. The van der Waals surface area contributed by atoms with E-state index in [2.05, 4.69) is 29.0 Å². The number of ether oxygens (including phenoxy) is 2. The molecule has 0 radical (unpaired) electrons. The Morgan fingerprint density at radius 3 is 2.73 bits per heavy atom. The van der Waals surface area contributed by atoms with Gasteiger partial charge in [0, 0.05) is 18.7 Å². The average molecular weight is 356 g/mol. The minimum absolute atomic E-state index is 0.337. The van der Waals surface area contributed by atoms with Crippen molar-refractivity contribution in [3.05, 3.63) is 47.4 Å². The summed E-state index contributed by atoms with van der Waals surface area (Å²) in [6.07, 6.45) is 2.49. The Morgan fingerprint density at radius 1 is 1.12 bits per heavy atom. The summed E-state index contributed by atoms with van der Waals surface area (Å²) in [7, 11) is 2.20. The van der Waals surface area contributed by atoms with E-state index in [4.69, 9.17) is 13.9 Å². The van der Waals surface area contributed by atoms with Crippen LogP contribution < -0.4 is 9.47 Å². The predicted octanol–water partition coefficient (Wildman–Crippen LogP) is 3.66. The summed E-state index contributed by atoms with van der Waals surface area (Å²) in [5.74, 6) is 4.63. The largest absolute Gasteiger partial charge is 0.465 e. The van der Waals surface area contributed by atoms with E-state index >= 15 is 0 Å². The van der Waals surface area contributed by atoms with Gasteiger partial charge >= 0.3 is 0 Å². The fraction of sp³-hybridized carbons (Fsp3) is 0.524. The molecule has 4 rings (SSSR count). The lowest BCUT2D eigenvalue weighted by atomic mass is 9.96. The molecule has 3 heterocycles. The molecule has 2 aromatic rings. The Kier molecular flexibility index (Phi) is 5.18. The zero-order valence-electron chi connectivity index (χ0n) is 15.7. The molecule has 1 aromatic heterocycles. The highest BCUT2D eigenvalue weighted by Gasteiger charge is 2.23. The van der Waals surface area contributed by atoms with Crippen LogP contribution in [0.2, 0.25) is 0 Å². The molecule has 0 bridgehead atoms. The van der Waals surface area contributed by atoms with E-state index in [0.29, 0.717) is 6.79 Å². The first-order valence-electron chi connectivity index (χ1n) is 9.51. The number of furan rings is 1. The zero-order valence-corrected chi connectivity index (χ0v) is 15.7. The van der Waals surface area contributed by atoms with Gasteiger partial charge in [-0.25, -0.2) is 0 Å². The highest BCUT2D eigenvalue weighted by Crippen LogP contribution is 2.36. The van der Waals surface area contributed by atoms with Gasteiger partial charge in [0.05, 0.1) is 6.54 Å². The van der Waals surface area contributed by atoms with Crippen LogP contribution >= 0.6 is 0 Å². The van der Waals surface area contributed by atoms with E-state index in [-0.39, 0.29) is 0 Å². The zero-order chi connectivity index (χ0) is 17.9. The number of hydrogen-bond donors (Lipinski definition) is 0. The maximum atomic E-state index is 5.71. The number of likely N-dealkylation sites (tertiary alicyclic amines) is 1. The molecule has 0 aliphatic carbocycles. The van der Waals surface area contributed by atoms with Gasteiger partial charge < -0.3 is 18.8 Å². The molecule has 0 amide bonds. The number of hydrogen-bond acceptors (Lipinski definition) is 5. The van der Waals surface area contributed by atoms with Crippen LogP contribution in [-0.4, -0.2) is 43.3 Å². The van der Waals surface area contributed by atoms with Gasteiger partial charge in [0.2, 0.25) is 6.79 Å². The number of fused-ring (bicyclic) bond motifs is 1. The standard InChI is InChI=1S/C21H28N2O3/c1-16-6-7-19(26-16)14-23-10-8-17(9-11-23)12-22(2)13-18-4-3-5-20-21(18)25-15-24-20/h3-7,17H,8-15H2,1-2H3. The van der Waals surface area contributed by atoms with E-state index in [1.807, 2.05) is 25.1 Å². The van der Waals surface area contributed by atoms with Gasteiger partial charge in [-0.05, 0) is 64.0 Å². The van der Waals surface area contributed by atoms with Crippen molar-refractivity contribution in [1.82, 2.24) is 9.80 Å². The van der Waals surface area contributed by atoms with Crippen LogP contribution in [-0.2, 0) is 13.1 Å². The van der Waals surface area contributed by atoms with Crippen LogP contribution in [0.1, 0.15) is 29.9 Å². The highest BCUT2D eigenvalue weighted by molar-refractivity contribution is 5.48. The molecule has 2 aliphatic rings. The third-order valence-corrected chi connectivity index (χ3v) is 5.37. The van der Waals surface area contributed by atoms with Crippen molar-refractivity contribution in [3.63, 3.8) is 0 Å². The second kappa shape index (κ2) is 7.72. The molecule has 1 aromatic carbocycles. The maximum absolute atomic E-state index is 5.71. The van der Waals surface area contributed by atoms with Crippen molar-refractivity contribution < 1.29 is 13.9 Å². The van der Waals surface area contributed by atoms with Crippen LogP contribution in [0.4, 0.5) is 0 Å². The SMILES string of the molecule is Cc1ccc(CN2CCC(CN(C)Cc3cccc4c3OCO4)CC2)o1. The Labute approximate surface area is 155 Å². The van der Waals surface area contributed by atoms with E-state index in [1.54, 1.807) is 0 Å². The number of piperidine rings is 1. The molecule has 1 fully saturated rings. The van der Waals surface area contributed by atoms with Gasteiger partial charge in [-0.2, -0.15) is 0 Å². The van der Waals surface area contributed by atoms with Crippen LogP contribution in [0.15, 0.2) is 34.7 Å². The van der Waals surface area contributed by atoms with E-state index in [1.165, 1.54) is 18.4 Å². The van der Waals surface area contributed by atoms with Crippen molar-refractivity contribution in [2.45, 2.75) is 32.9 Å². The monoisotopic (exact) mass is 356 g/mol. The van der Waals surface area contributed by atoms with Crippen LogP contribution in [0.5, 0.6) is 11.5 Å². The molecule has 0 N–H and O–H groups in total. The molecular weight excluding hydrogens is 328 g/mol. The maximum Gasteiger partial charge on any atom is 0.231 e. The van der Waals surface area contributed by atoms with Gasteiger partial charge in [-0.15, -0.1) is 0 Å². The van der Waals surface area contributed by atoms with Crippen LogP contribution in [0, 0.1) is 12.8 Å². The fourth-order valence-corrected chi connectivity index (χ4v) is 4.03. The fourth-order valence-electron chi connectivity index (χ4n) is 4.03. The molecule has 0 spiro atoms. The second-order valence-electron chi connectivity index (χ2n) is 7.58. The molecule has 26 heavy (non-hydrogen) atoms. The minimum Gasteiger partial charge on any atom is -0.465 e.